The number of carbonyl (C=O) groups excluding carboxylic acids is 1. The molecule has 0 aliphatic rings. The van der Waals surface area contributed by atoms with Crippen LogP contribution in [0.1, 0.15) is 35.5 Å². The fourth-order valence-electron chi connectivity index (χ4n) is 3.84. The molecule has 1 aromatic heterocycles. The molecule has 2 N–H and O–H groups in total. The molecule has 0 radical (unpaired) electrons. The second-order valence-corrected chi connectivity index (χ2v) is 9.19. The monoisotopic (exact) mass is 483 g/mol. The highest BCUT2D eigenvalue weighted by Gasteiger charge is 2.29. The van der Waals surface area contributed by atoms with Gasteiger partial charge in [-0.05, 0) is 61.2 Å². The van der Waals surface area contributed by atoms with E-state index in [1.165, 1.54) is 13.8 Å². The van der Waals surface area contributed by atoms with Crippen LogP contribution in [-0.2, 0) is 18.4 Å². The van der Waals surface area contributed by atoms with E-state index < -0.39 is 11.6 Å². The summed E-state index contributed by atoms with van der Waals surface area (Å²) < 4.78 is 7.22. The number of benzene rings is 3. The van der Waals surface area contributed by atoms with Gasteiger partial charge in [-0.25, -0.2) is 4.79 Å². The van der Waals surface area contributed by atoms with Crippen LogP contribution in [0, 0.1) is 6.92 Å². The zero-order valence-electron chi connectivity index (χ0n) is 20.8. The average molecular weight is 484 g/mol. The van der Waals surface area contributed by atoms with Crippen LogP contribution >= 0.6 is 0 Å². The molecule has 4 aromatic rings. The van der Waals surface area contributed by atoms with Crippen molar-refractivity contribution in [2.45, 2.75) is 32.9 Å². The Labute approximate surface area is 210 Å². The van der Waals surface area contributed by atoms with Crippen LogP contribution in [0.5, 0.6) is 5.75 Å². The van der Waals surface area contributed by atoms with Crippen molar-refractivity contribution in [3.8, 4) is 28.1 Å². The molecule has 0 spiro atoms. The molecule has 7 nitrogen and oxygen atoms in total. The van der Waals surface area contributed by atoms with Crippen LogP contribution in [0.3, 0.4) is 0 Å². The summed E-state index contributed by atoms with van der Waals surface area (Å²) in [5.41, 5.74) is 4.64. The third-order valence-electron chi connectivity index (χ3n) is 5.95. The molecule has 1 amide bonds. The highest BCUT2D eigenvalue weighted by atomic mass is 16.5. The maximum absolute atomic E-state index is 12.9. The third kappa shape index (κ3) is 5.46. The van der Waals surface area contributed by atoms with Gasteiger partial charge in [0.15, 0.2) is 5.60 Å². The SMILES string of the molecule is Cc1cc(CNC(=O)c2cc(-c3cccc(-c4ccccc4)c3)nn2C)ccc1OC(C)(C)C(=O)O. The second kappa shape index (κ2) is 10.1. The van der Waals surface area contributed by atoms with E-state index in [1.807, 2.05) is 49.4 Å². The van der Waals surface area contributed by atoms with Gasteiger partial charge < -0.3 is 15.2 Å². The topological polar surface area (TPSA) is 93.5 Å². The molecule has 7 heteroatoms. The highest BCUT2D eigenvalue weighted by molar-refractivity contribution is 5.93. The predicted molar refractivity (Wildman–Crippen MR) is 139 cm³/mol. The van der Waals surface area contributed by atoms with Crippen molar-refractivity contribution in [1.82, 2.24) is 15.1 Å². The van der Waals surface area contributed by atoms with Crippen molar-refractivity contribution in [3.63, 3.8) is 0 Å². The molecular weight excluding hydrogens is 454 g/mol. The van der Waals surface area contributed by atoms with Crippen LogP contribution < -0.4 is 10.1 Å². The summed E-state index contributed by atoms with van der Waals surface area (Å²) in [6, 6.07) is 25.4. The molecule has 0 atom stereocenters. The standard InChI is InChI=1S/C29H29N3O4/c1-19-15-20(13-14-26(19)36-29(2,3)28(34)35)18-30-27(33)25-17-24(31-32(25)4)23-12-8-11-22(16-23)21-9-6-5-7-10-21/h5-17H,18H2,1-4H3,(H,30,33)(H,34,35). The number of carboxylic acids is 1. The lowest BCUT2D eigenvalue weighted by molar-refractivity contribution is -0.152. The van der Waals surface area contributed by atoms with E-state index in [9.17, 15) is 14.7 Å². The van der Waals surface area contributed by atoms with Crippen LogP contribution in [0.2, 0.25) is 0 Å². The summed E-state index contributed by atoms with van der Waals surface area (Å²) >= 11 is 0. The summed E-state index contributed by atoms with van der Waals surface area (Å²) in [5.74, 6) is -0.785. The van der Waals surface area contributed by atoms with E-state index in [-0.39, 0.29) is 5.91 Å². The van der Waals surface area contributed by atoms with Crippen LogP contribution in [-0.4, -0.2) is 32.4 Å². The van der Waals surface area contributed by atoms with Gasteiger partial charge >= 0.3 is 5.97 Å². The van der Waals surface area contributed by atoms with Crippen molar-refractivity contribution < 1.29 is 19.4 Å². The van der Waals surface area contributed by atoms with E-state index in [0.717, 1.165) is 33.5 Å². The van der Waals surface area contributed by atoms with Gasteiger partial charge in [0.25, 0.3) is 5.91 Å². The lowest BCUT2D eigenvalue weighted by Crippen LogP contribution is -2.38. The number of carbonyl (C=O) groups is 2. The highest BCUT2D eigenvalue weighted by Crippen LogP contribution is 2.27. The van der Waals surface area contributed by atoms with Gasteiger partial charge in [-0.15, -0.1) is 0 Å². The van der Waals surface area contributed by atoms with E-state index in [1.54, 1.807) is 23.9 Å². The van der Waals surface area contributed by atoms with E-state index in [4.69, 9.17) is 4.74 Å². The quantitative estimate of drug-likeness (QED) is 0.358. The summed E-state index contributed by atoms with van der Waals surface area (Å²) in [6.07, 6.45) is 0. The number of carboxylic acid groups (broad SMARTS) is 1. The number of aryl methyl sites for hydroxylation is 2. The fourth-order valence-corrected chi connectivity index (χ4v) is 3.84. The van der Waals surface area contributed by atoms with Gasteiger partial charge in [0, 0.05) is 19.2 Å². The number of aliphatic carboxylic acids is 1. The summed E-state index contributed by atoms with van der Waals surface area (Å²) in [5, 5.41) is 16.8. The number of nitrogens with one attached hydrogen (secondary N) is 1. The third-order valence-corrected chi connectivity index (χ3v) is 5.95. The average Bonchev–Trinajstić information content (AvgIpc) is 3.26. The molecule has 184 valence electrons. The first kappa shape index (κ1) is 24.7. The Morgan fingerprint density at radius 3 is 2.33 bits per heavy atom. The van der Waals surface area contributed by atoms with Crippen LogP contribution in [0.15, 0.2) is 78.9 Å². The zero-order valence-corrected chi connectivity index (χ0v) is 20.8. The summed E-state index contributed by atoms with van der Waals surface area (Å²) in [4.78, 5) is 24.3. The number of ether oxygens (including phenoxy) is 1. The van der Waals surface area contributed by atoms with Crippen molar-refractivity contribution in [2.24, 2.45) is 7.05 Å². The molecule has 3 aromatic carbocycles. The first-order chi connectivity index (χ1) is 17.1. The molecule has 0 fully saturated rings. The van der Waals surface area contributed by atoms with Gasteiger partial charge in [-0.1, -0.05) is 60.7 Å². The molecule has 0 aliphatic carbocycles. The molecule has 0 bridgehead atoms. The van der Waals surface area contributed by atoms with Crippen LogP contribution in [0.4, 0.5) is 0 Å². The smallest absolute Gasteiger partial charge is 0.347 e. The maximum atomic E-state index is 12.9. The van der Waals surface area contributed by atoms with Crippen molar-refractivity contribution in [2.75, 3.05) is 0 Å². The Morgan fingerprint density at radius 2 is 1.64 bits per heavy atom. The summed E-state index contributed by atoms with van der Waals surface area (Å²) in [7, 11) is 1.75. The van der Waals surface area contributed by atoms with Gasteiger partial charge in [0.2, 0.25) is 0 Å². The Kier molecular flexibility index (Phi) is 6.92. The van der Waals surface area contributed by atoms with E-state index in [2.05, 4.69) is 34.7 Å². The zero-order chi connectivity index (χ0) is 25.9. The number of hydrogen-bond acceptors (Lipinski definition) is 4. The Bertz CT molecular complexity index is 1410. The minimum atomic E-state index is -1.33. The minimum absolute atomic E-state index is 0.236. The fraction of sp³-hybridized carbons (Fsp3) is 0.207. The van der Waals surface area contributed by atoms with Crippen molar-refractivity contribution in [3.05, 3.63) is 95.7 Å². The number of nitrogens with zero attached hydrogens (tertiary/aromatic N) is 2. The molecular formula is C29H29N3O4. The molecule has 0 saturated heterocycles. The lowest BCUT2D eigenvalue weighted by atomic mass is 10.0. The van der Waals surface area contributed by atoms with Crippen LogP contribution in [0.25, 0.3) is 22.4 Å². The molecule has 1 heterocycles. The first-order valence-corrected chi connectivity index (χ1v) is 11.6. The van der Waals surface area contributed by atoms with Crippen molar-refractivity contribution >= 4 is 11.9 Å². The number of rotatable bonds is 8. The van der Waals surface area contributed by atoms with E-state index in [0.29, 0.717) is 18.0 Å². The Morgan fingerprint density at radius 1 is 0.944 bits per heavy atom. The molecule has 0 unspecified atom stereocenters. The minimum Gasteiger partial charge on any atom is -0.478 e. The number of hydrogen-bond donors (Lipinski definition) is 2. The van der Waals surface area contributed by atoms with Gasteiger partial charge in [0.05, 0.1) is 5.69 Å². The molecule has 36 heavy (non-hydrogen) atoms. The number of amides is 1. The Hall–Kier alpha value is -4.39. The first-order valence-electron chi connectivity index (χ1n) is 11.6. The molecule has 0 saturated carbocycles. The van der Waals surface area contributed by atoms with Crippen molar-refractivity contribution in [1.29, 1.82) is 0 Å². The predicted octanol–water partition coefficient (Wildman–Crippen LogP) is 5.23. The lowest BCUT2D eigenvalue weighted by Gasteiger charge is -2.23. The van der Waals surface area contributed by atoms with E-state index >= 15 is 0 Å². The molecule has 0 aliphatic heterocycles. The summed E-state index contributed by atoms with van der Waals surface area (Å²) in [6.45, 7) is 5.16. The number of aromatic nitrogens is 2. The Balaban J connectivity index is 1.45. The van der Waals surface area contributed by atoms with Gasteiger partial charge in [-0.2, -0.15) is 5.10 Å². The van der Waals surface area contributed by atoms with Gasteiger partial charge in [-0.3, -0.25) is 9.48 Å². The molecule has 4 rings (SSSR count). The van der Waals surface area contributed by atoms with Gasteiger partial charge in [0.1, 0.15) is 11.4 Å². The second-order valence-electron chi connectivity index (χ2n) is 9.19. The largest absolute Gasteiger partial charge is 0.478 e. The normalized spacial score (nSPS) is 11.2. The maximum Gasteiger partial charge on any atom is 0.347 e.